The van der Waals surface area contributed by atoms with Gasteiger partial charge in [-0.1, -0.05) is 11.6 Å². The molecule has 2 heterocycles. The van der Waals surface area contributed by atoms with Gasteiger partial charge in [-0.3, -0.25) is 4.79 Å². The zero-order valence-corrected chi connectivity index (χ0v) is 11.2. The highest BCUT2D eigenvalue weighted by molar-refractivity contribution is 7.13. The minimum Gasteiger partial charge on any atom is -0.476 e. The van der Waals surface area contributed by atoms with E-state index in [1.54, 1.807) is 12.3 Å². The number of carboxylic acids is 1. The number of nitrogens with zero attached hydrogens (tertiary/aromatic N) is 2. The molecule has 8 heteroatoms. The van der Waals surface area contributed by atoms with E-state index in [0.29, 0.717) is 9.90 Å². The van der Waals surface area contributed by atoms with Crippen LogP contribution in [-0.4, -0.2) is 27.0 Å². The fourth-order valence-corrected chi connectivity index (χ4v) is 2.51. The van der Waals surface area contributed by atoms with Crippen molar-refractivity contribution in [1.82, 2.24) is 9.97 Å². The fraction of sp³-hybridized carbons (Fsp3) is 0.0909. The number of amides is 1. The topological polar surface area (TPSA) is 92.2 Å². The van der Waals surface area contributed by atoms with E-state index in [0.717, 1.165) is 5.56 Å². The number of nitrogens with one attached hydrogen (secondary N) is 1. The van der Waals surface area contributed by atoms with Gasteiger partial charge in [-0.15, -0.1) is 11.3 Å². The first-order valence-electron chi connectivity index (χ1n) is 5.10. The van der Waals surface area contributed by atoms with Crippen molar-refractivity contribution in [2.24, 2.45) is 0 Å². The highest BCUT2D eigenvalue weighted by Crippen LogP contribution is 2.27. The van der Waals surface area contributed by atoms with E-state index in [9.17, 15) is 9.59 Å². The van der Waals surface area contributed by atoms with Crippen LogP contribution >= 0.6 is 22.9 Å². The summed E-state index contributed by atoms with van der Waals surface area (Å²) in [4.78, 5) is 30.7. The Balaban J connectivity index is 2.29. The molecule has 0 spiro atoms. The molecule has 2 aromatic rings. The number of aromatic carboxylic acids is 1. The van der Waals surface area contributed by atoms with Crippen molar-refractivity contribution in [2.45, 2.75) is 6.92 Å². The highest BCUT2D eigenvalue weighted by atomic mass is 35.5. The first-order chi connectivity index (χ1) is 9.00. The van der Waals surface area contributed by atoms with Crippen LogP contribution in [0, 0.1) is 6.92 Å². The van der Waals surface area contributed by atoms with Gasteiger partial charge in [0.15, 0.2) is 11.5 Å². The average Bonchev–Trinajstić information content (AvgIpc) is 2.70. The number of carboxylic acid groups (broad SMARTS) is 1. The number of anilines is 1. The summed E-state index contributed by atoms with van der Waals surface area (Å²) < 4.78 is 0. The average molecular weight is 298 g/mol. The first kappa shape index (κ1) is 13.4. The molecule has 1 amide bonds. The predicted molar refractivity (Wildman–Crippen MR) is 71.0 cm³/mol. The molecule has 0 aromatic carbocycles. The summed E-state index contributed by atoms with van der Waals surface area (Å²) in [7, 11) is 0. The standard InChI is InChI=1S/C11H8ClN3O3S/c1-5-4-19-8(6(5)12)10(16)15-9-7(11(17)18)13-2-3-14-9/h2-4H,1H3,(H,17,18)(H,14,15,16). The van der Waals surface area contributed by atoms with Gasteiger partial charge >= 0.3 is 5.97 Å². The van der Waals surface area contributed by atoms with Gasteiger partial charge in [0, 0.05) is 12.4 Å². The summed E-state index contributed by atoms with van der Waals surface area (Å²) in [5, 5.41) is 13.4. The van der Waals surface area contributed by atoms with Crippen LogP contribution in [0.25, 0.3) is 0 Å². The summed E-state index contributed by atoms with van der Waals surface area (Å²) in [6.07, 6.45) is 2.53. The Kier molecular flexibility index (Phi) is 3.77. The van der Waals surface area contributed by atoms with Crippen molar-refractivity contribution in [3.8, 4) is 0 Å². The number of carbonyl (C=O) groups excluding carboxylic acids is 1. The third-order valence-corrected chi connectivity index (χ3v) is 3.93. The number of hydrogen-bond donors (Lipinski definition) is 2. The van der Waals surface area contributed by atoms with Gasteiger partial charge < -0.3 is 10.4 Å². The van der Waals surface area contributed by atoms with E-state index >= 15 is 0 Å². The van der Waals surface area contributed by atoms with E-state index in [2.05, 4.69) is 15.3 Å². The number of aromatic nitrogens is 2. The first-order valence-corrected chi connectivity index (χ1v) is 6.35. The molecule has 2 rings (SSSR count). The largest absolute Gasteiger partial charge is 0.476 e. The summed E-state index contributed by atoms with van der Waals surface area (Å²) in [6, 6.07) is 0. The molecule has 0 saturated heterocycles. The molecule has 0 saturated carbocycles. The Bertz CT molecular complexity index is 656. The minimum atomic E-state index is -1.27. The van der Waals surface area contributed by atoms with Crippen LogP contribution in [0.3, 0.4) is 0 Å². The lowest BCUT2D eigenvalue weighted by Crippen LogP contribution is -2.16. The molecule has 6 nitrogen and oxygen atoms in total. The monoisotopic (exact) mass is 297 g/mol. The number of aryl methyl sites for hydroxylation is 1. The van der Waals surface area contributed by atoms with Crippen molar-refractivity contribution in [1.29, 1.82) is 0 Å². The van der Waals surface area contributed by atoms with E-state index in [1.807, 2.05) is 0 Å². The second-order valence-corrected chi connectivity index (χ2v) is 4.83. The lowest BCUT2D eigenvalue weighted by atomic mass is 10.3. The maximum atomic E-state index is 12.0. The van der Waals surface area contributed by atoms with E-state index in [4.69, 9.17) is 16.7 Å². The molecule has 2 aromatic heterocycles. The van der Waals surface area contributed by atoms with Crippen LogP contribution in [0.1, 0.15) is 25.7 Å². The van der Waals surface area contributed by atoms with E-state index in [1.165, 1.54) is 23.7 Å². The smallest absolute Gasteiger partial charge is 0.358 e. The quantitative estimate of drug-likeness (QED) is 0.908. The molecule has 98 valence electrons. The normalized spacial score (nSPS) is 10.2. The molecule has 0 atom stereocenters. The lowest BCUT2D eigenvalue weighted by molar-refractivity contribution is 0.0691. The lowest BCUT2D eigenvalue weighted by Gasteiger charge is -2.05. The Hall–Kier alpha value is -1.99. The highest BCUT2D eigenvalue weighted by Gasteiger charge is 2.19. The van der Waals surface area contributed by atoms with Crippen LogP contribution in [-0.2, 0) is 0 Å². The molecular weight excluding hydrogens is 290 g/mol. The van der Waals surface area contributed by atoms with Crippen LogP contribution < -0.4 is 5.32 Å². The van der Waals surface area contributed by atoms with Crippen molar-refractivity contribution in [2.75, 3.05) is 5.32 Å². The third kappa shape index (κ3) is 2.72. The summed E-state index contributed by atoms with van der Waals surface area (Å²) in [5.74, 6) is -1.88. The van der Waals surface area contributed by atoms with Gasteiger partial charge in [0.05, 0.1) is 5.02 Å². The molecular formula is C11H8ClN3O3S. The van der Waals surface area contributed by atoms with Gasteiger partial charge in [-0.2, -0.15) is 0 Å². The molecule has 0 fully saturated rings. The van der Waals surface area contributed by atoms with Crippen molar-refractivity contribution in [3.05, 3.63) is 38.9 Å². The second kappa shape index (κ2) is 5.33. The number of rotatable bonds is 3. The number of carbonyl (C=O) groups is 2. The summed E-state index contributed by atoms with van der Waals surface area (Å²) >= 11 is 7.15. The molecule has 2 N–H and O–H groups in total. The number of halogens is 1. The third-order valence-electron chi connectivity index (χ3n) is 2.24. The van der Waals surface area contributed by atoms with Crippen LogP contribution in [0.2, 0.25) is 5.02 Å². The molecule has 0 aliphatic heterocycles. The maximum Gasteiger partial charge on any atom is 0.358 e. The van der Waals surface area contributed by atoms with Gasteiger partial charge in [0.25, 0.3) is 5.91 Å². The van der Waals surface area contributed by atoms with Crippen LogP contribution in [0.5, 0.6) is 0 Å². The number of hydrogen-bond acceptors (Lipinski definition) is 5. The maximum absolute atomic E-state index is 12.0. The Labute approximate surface area is 117 Å². The van der Waals surface area contributed by atoms with Crippen LogP contribution in [0.15, 0.2) is 17.8 Å². The zero-order valence-electron chi connectivity index (χ0n) is 9.68. The Morgan fingerprint density at radius 3 is 2.63 bits per heavy atom. The molecule has 0 aliphatic carbocycles. The van der Waals surface area contributed by atoms with Gasteiger partial charge in [0.2, 0.25) is 0 Å². The molecule has 0 radical (unpaired) electrons. The van der Waals surface area contributed by atoms with Gasteiger partial charge in [-0.25, -0.2) is 14.8 Å². The van der Waals surface area contributed by atoms with Crippen LogP contribution in [0.4, 0.5) is 5.82 Å². The Morgan fingerprint density at radius 1 is 1.37 bits per heavy atom. The summed E-state index contributed by atoms with van der Waals surface area (Å²) in [6.45, 7) is 1.78. The van der Waals surface area contributed by atoms with Crippen molar-refractivity contribution in [3.63, 3.8) is 0 Å². The van der Waals surface area contributed by atoms with Gasteiger partial charge in [-0.05, 0) is 17.9 Å². The molecule has 0 unspecified atom stereocenters. The minimum absolute atomic E-state index is 0.109. The second-order valence-electron chi connectivity index (χ2n) is 3.57. The van der Waals surface area contributed by atoms with E-state index < -0.39 is 11.9 Å². The SMILES string of the molecule is Cc1csc(C(=O)Nc2nccnc2C(=O)O)c1Cl. The zero-order chi connectivity index (χ0) is 14.0. The Morgan fingerprint density at radius 2 is 2.05 bits per heavy atom. The fourth-order valence-electron chi connectivity index (χ4n) is 1.33. The number of thiophene rings is 1. The molecule has 0 bridgehead atoms. The van der Waals surface area contributed by atoms with E-state index in [-0.39, 0.29) is 11.5 Å². The summed E-state index contributed by atoms with van der Waals surface area (Å²) in [5.41, 5.74) is 0.467. The van der Waals surface area contributed by atoms with Gasteiger partial charge in [0.1, 0.15) is 4.88 Å². The predicted octanol–water partition coefficient (Wildman–Crippen LogP) is 2.45. The van der Waals surface area contributed by atoms with Crippen molar-refractivity contribution < 1.29 is 14.7 Å². The van der Waals surface area contributed by atoms with Crippen molar-refractivity contribution >= 4 is 40.6 Å². The molecule has 19 heavy (non-hydrogen) atoms. The molecule has 0 aliphatic rings.